The van der Waals surface area contributed by atoms with Crippen LogP contribution in [0.2, 0.25) is 0 Å². The van der Waals surface area contributed by atoms with Crippen LogP contribution in [0.1, 0.15) is 29.2 Å². The molecular formula is C25H29NO3. The molecule has 0 heterocycles. The Bertz CT molecular complexity index is 923. The number of nitrogens with one attached hydrogen (secondary N) is 1. The molecule has 0 spiro atoms. The minimum atomic E-state index is 0.521. The Kier molecular flexibility index (Phi) is 7.54. The van der Waals surface area contributed by atoms with E-state index in [0.29, 0.717) is 13.2 Å². The average Bonchev–Trinajstić information content (AvgIpc) is 2.74. The fourth-order valence-electron chi connectivity index (χ4n) is 3.20. The summed E-state index contributed by atoms with van der Waals surface area (Å²) >= 11 is 0. The highest BCUT2D eigenvalue weighted by molar-refractivity contribution is 5.43. The number of rotatable bonds is 10. The van der Waals surface area contributed by atoms with E-state index in [1.165, 1.54) is 5.56 Å². The van der Waals surface area contributed by atoms with Gasteiger partial charge in [0.15, 0.2) is 11.5 Å². The molecule has 1 N–H and O–H groups in total. The zero-order valence-corrected chi connectivity index (χ0v) is 17.4. The van der Waals surface area contributed by atoms with Gasteiger partial charge in [-0.1, -0.05) is 54.1 Å². The van der Waals surface area contributed by atoms with Crippen molar-refractivity contribution in [1.82, 2.24) is 5.32 Å². The normalized spacial score (nSPS) is 10.6. The molecule has 0 saturated carbocycles. The van der Waals surface area contributed by atoms with Gasteiger partial charge in [0, 0.05) is 18.7 Å². The van der Waals surface area contributed by atoms with Gasteiger partial charge in [-0.25, -0.2) is 0 Å². The third-order valence-electron chi connectivity index (χ3n) is 4.62. The molecule has 0 aliphatic rings. The Labute approximate surface area is 173 Å². The molecule has 3 rings (SSSR count). The van der Waals surface area contributed by atoms with E-state index in [0.717, 1.165) is 47.0 Å². The van der Waals surface area contributed by atoms with Crippen molar-refractivity contribution in [2.75, 3.05) is 13.7 Å². The molecule has 0 fully saturated rings. The van der Waals surface area contributed by atoms with Gasteiger partial charge in [-0.05, 0) is 43.2 Å². The lowest BCUT2D eigenvalue weighted by molar-refractivity contribution is 0.269. The SMILES string of the molecule is CCOc1cc(CNCc2ccccc2OC)ccc1OCc1cccc(C)c1. The van der Waals surface area contributed by atoms with Crippen LogP contribution in [-0.2, 0) is 19.7 Å². The molecule has 0 aliphatic carbocycles. The van der Waals surface area contributed by atoms with Crippen LogP contribution in [0.3, 0.4) is 0 Å². The first kappa shape index (κ1) is 20.7. The van der Waals surface area contributed by atoms with E-state index in [-0.39, 0.29) is 0 Å². The first-order chi connectivity index (χ1) is 14.2. The minimum Gasteiger partial charge on any atom is -0.496 e. The van der Waals surface area contributed by atoms with Gasteiger partial charge >= 0.3 is 0 Å². The summed E-state index contributed by atoms with van der Waals surface area (Å²) in [5, 5.41) is 3.47. The van der Waals surface area contributed by atoms with E-state index >= 15 is 0 Å². The molecule has 4 heteroatoms. The van der Waals surface area contributed by atoms with Crippen molar-refractivity contribution in [2.24, 2.45) is 0 Å². The summed E-state index contributed by atoms with van der Waals surface area (Å²) < 4.78 is 17.3. The molecule has 3 aromatic rings. The Morgan fingerprint density at radius 1 is 0.759 bits per heavy atom. The predicted molar refractivity (Wildman–Crippen MR) is 117 cm³/mol. The number of para-hydroxylation sites is 1. The number of hydrogen-bond acceptors (Lipinski definition) is 4. The maximum absolute atomic E-state index is 6.03. The Balaban J connectivity index is 1.62. The lowest BCUT2D eigenvalue weighted by atomic mass is 10.1. The van der Waals surface area contributed by atoms with Crippen molar-refractivity contribution < 1.29 is 14.2 Å². The quantitative estimate of drug-likeness (QED) is 0.511. The molecule has 0 amide bonds. The predicted octanol–water partition coefficient (Wildman–Crippen LogP) is 5.27. The lowest BCUT2D eigenvalue weighted by Crippen LogP contribution is -2.13. The van der Waals surface area contributed by atoms with Crippen LogP contribution in [0.25, 0.3) is 0 Å². The third kappa shape index (κ3) is 6.00. The second-order valence-corrected chi connectivity index (χ2v) is 6.91. The highest BCUT2D eigenvalue weighted by atomic mass is 16.5. The van der Waals surface area contributed by atoms with Crippen LogP contribution >= 0.6 is 0 Å². The summed E-state index contributed by atoms with van der Waals surface area (Å²) in [5.41, 5.74) is 4.66. The first-order valence-corrected chi connectivity index (χ1v) is 9.96. The number of aryl methyl sites for hydroxylation is 1. The van der Waals surface area contributed by atoms with Gasteiger partial charge in [0.2, 0.25) is 0 Å². The van der Waals surface area contributed by atoms with E-state index < -0.39 is 0 Å². The van der Waals surface area contributed by atoms with Gasteiger partial charge in [0.25, 0.3) is 0 Å². The highest BCUT2D eigenvalue weighted by Crippen LogP contribution is 2.29. The van der Waals surface area contributed by atoms with Gasteiger partial charge in [0.1, 0.15) is 12.4 Å². The van der Waals surface area contributed by atoms with Crippen molar-refractivity contribution in [3.8, 4) is 17.2 Å². The third-order valence-corrected chi connectivity index (χ3v) is 4.62. The van der Waals surface area contributed by atoms with Gasteiger partial charge in [-0.15, -0.1) is 0 Å². The molecular weight excluding hydrogens is 362 g/mol. The van der Waals surface area contributed by atoms with Gasteiger partial charge in [-0.2, -0.15) is 0 Å². The summed E-state index contributed by atoms with van der Waals surface area (Å²) in [6, 6.07) is 22.5. The summed E-state index contributed by atoms with van der Waals surface area (Å²) in [7, 11) is 1.70. The molecule has 0 saturated heterocycles. The fraction of sp³-hybridized carbons (Fsp3) is 0.280. The standard InChI is InChI=1S/C25H29NO3/c1-4-28-25-15-20(16-26-17-22-10-5-6-11-23(22)27-3)12-13-24(25)29-18-21-9-7-8-19(2)14-21/h5-15,26H,4,16-18H2,1-3H3. The van der Waals surface area contributed by atoms with E-state index in [4.69, 9.17) is 14.2 Å². The second kappa shape index (κ2) is 10.5. The van der Waals surface area contributed by atoms with Crippen molar-refractivity contribution in [3.63, 3.8) is 0 Å². The Hall–Kier alpha value is -2.98. The first-order valence-electron chi connectivity index (χ1n) is 9.96. The monoisotopic (exact) mass is 391 g/mol. The zero-order valence-electron chi connectivity index (χ0n) is 17.4. The number of benzene rings is 3. The van der Waals surface area contributed by atoms with Crippen molar-refractivity contribution in [2.45, 2.75) is 33.5 Å². The Morgan fingerprint density at radius 3 is 2.41 bits per heavy atom. The van der Waals surface area contributed by atoms with Crippen LogP contribution in [-0.4, -0.2) is 13.7 Å². The minimum absolute atomic E-state index is 0.521. The summed E-state index contributed by atoms with van der Waals surface area (Å²) in [6.07, 6.45) is 0. The number of hydrogen-bond donors (Lipinski definition) is 1. The van der Waals surface area contributed by atoms with Crippen LogP contribution in [0, 0.1) is 6.92 Å². The number of methoxy groups -OCH3 is 1. The topological polar surface area (TPSA) is 39.7 Å². The van der Waals surface area contributed by atoms with Crippen LogP contribution in [0.4, 0.5) is 0 Å². The molecule has 29 heavy (non-hydrogen) atoms. The van der Waals surface area contributed by atoms with Gasteiger partial charge < -0.3 is 19.5 Å². The molecule has 3 aromatic carbocycles. The van der Waals surface area contributed by atoms with Crippen molar-refractivity contribution in [3.05, 3.63) is 89.0 Å². The molecule has 4 nitrogen and oxygen atoms in total. The summed E-state index contributed by atoms with van der Waals surface area (Å²) in [5.74, 6) is 2.44. The van der Waals surface area contributed by atoms with Gasteiger partial charge in [-0.3, -0.25) is 0 Å². The molecule has 0 unspecified atom stereocenters. The largest absolute Gasteiger partial charge is 0.496 e. The second-order valence-electron chi connectivity index (χ2n) is 6.91. The molecule has 0 atom stereocenters. The summed E-state index contributed by atoms with van der Waals surface area (Å²) in [6.45, 7) is 6.65. The van der Waals surface area contributed by atoms with E-state index in [9.17, 15) is 0 Å². The van der Waals surface area contributed by atoms with E-state index in [1.807, 2.05) is 43.3 Å². The van der Waals surface area contributed by atoms with Crippen LogP contribution in [0.15, 0.2) is 66.7 Å². The molecule has 0 aromatic heterocycles. The molecule has 0 bridgehead atoms. The van der Waals surface area contributed by atoms with E-state index in [1.54, 1.807) is 7.11 Å². The van der Waals surface area contributed by atoms with Gasteiger partial charge in [0.05, 0.1) is 13.7 Å². The molecule has 0 aliphatic heterocycles. The number of ether oxygens (including phenoxy) is 3. The van der Waals surface area contributed by atoms with E-state index in [2.05, 4.69) is 42.6 Å². The maximum atomic E-state index is 6.03. The molecule has 152 valence electrons. The highest BCUT2D eigenvalue weighted by Gasteiger charge is 2.08. The Morgan fingerprint density at radius 2 is 1.62 bits per heavy atom. The van der Waals surface area contributed by atoms with Crippen LogP contribution in [0.5, 0.6) is 17.2 Å². The molecule has 0 radical (unpaired) electrons. The van der Waals surface area contributed by atoms with Crippen molar-refractivity contribution in [1.29, 1.82) is 0 Å². The fourth-order valence-corrected chi connectivity index (χ4v) is 3.20. The van der Waals surface area contributed by atoms with Crippen LogP contribution < -0.4 is 19.5 Å². The lowest BCUT2D eigenvalue weighted by Gasteiger charge is -2.14. The zero-order chi connectivity index (χ0) is 20.5. The maximum Gasteiger partial charge on any atom is 0.161 e. The smallest absolute Gasteiger partial charge is 0.161 e. The summed E-state index contributed by atoms with van der Waals surface area (Å²) in [4.78, 5) is 0. The average molecular weight is 392 g/mol. The van der Waals surface area contributed by atoms with Crippen molar-refractivity contribution >= 4 is 0 Å².